The van der Waals surface area contributed by atoms with Gasteiger partial charge in [-0.2, -0.15) is 0 Å². The highest BCUT2D eigenvalue weighted by Gasteiger charge is 2.16. The molecule has 0 aromatic heterocycles. The lowest BCUT2D eigenvalue weighted by atomic mass is 9.88. The van der Waals surface area contributed by atoms with Crippen molar-refractivity contribution in [3.63, 3.8) is 0 Å². The first-order valence-corrected chi connectivity index (χ1v) is 5.69. The molecule has 2 rings (SSSR count). The number of hydrogen-bond donors (Lipinski definition) is 2. The third kappa shape index (κ3) is 2.15. The van der Waals surface area contributed by atoms with E-state index in [0.29, 0.717) is 12.2 Å². The largest absolute Gasteiger partial charge is 0.507 e. The fourth-order valence-electron chi connectivity index (χ4n) is 2.34. The number of phenols is 1. The number of phenolic OH excluding ortho intramolecular Hbond substituents is 1. The maximum Gasteiger partial charge on any atom is 0.122 e. The van der Waals surface area contributed by atoms with Crippen LogP contribution in [0, 0.1) is 0 Å². The number of rotatable bonds is 2. The average Bonchev–Trinajstić information content (AvgIpc) is 2.22. The minimum absolute atomic E-state index is 0.391. The van der Waals surface area contributed by atoms with Crippen molar-refractivity contribution in [3.05, 3.63) is 28.8 Å². The Kier molecular flexibility index (Phi) is 2.96. The van der Waals surface area contributed by atoms with Gasteiger partial charge in [-0.1, -0.05) is 12.1 Å². The smallest absolute Gasteiger partial charge is 0.122 e. The Morgan fingerprint density at radius 2 is 2.00 bits per heavy atom. The zero-order valence-corrected chi connectivity index (χ0v) is 9.16. The standard InChI is InChI=1S/C13H18O2/c1-9(14)8-11-7-6-10-4-2-3-5-12(10)13(11)15/h6-7,9,14-15H,2-5,8H2,1H3. The summed E-state index contributed by atoms with van der Waals surface area (Å²) in [6.07, 6.45) is 4.60. The van der Waals surface area contributed by atoms with Gasteiger partial charge in [0, 0.05) is 6.42 Å². The van der Waals surface area contributed by atoms with Crippen LogP contribution in [0.25, 0.3) is 0 Å². The second kappa shape index (κ2) is 4.23. The Morgan fingerprint density at radius 3 is 2.73 bits per heavy atom. The van der Waals surface area contributed by atoms with E-state index >= 15 is 0 Å². The molecule has 1 aromatic rings. The Bertz CT molecular complexity index is 356. The molecule has 0 bridgehead atoms. The maximum atomic E-state index is 10.1. The Hall–Kier alpha value is -1.02. The quantitative estimate of drug-likeness (QED) is 0.778. The van der Waals surface area contributed by atoms with Gasteiger partial charge in [-0.05, 0) is 49.3 Å². The van der Waals surface area contributed by atoms with Crippen molar-refractivity contribution in [2.75, 3.05) is 0 Å². The van der Waals surface area contributed by atoms with Crippen LogP contribution < -0.4 is 0 Å². The van der Waals surface area contributed by atoms with Crippen LogP contribution >= 0.6 is 0 Å². The van der Waals surface area contributed by atoms with Gasteiger partial charge < -0.3 is 10.2 Å². The molecule has 0 amide bonds. The Morgan fingerprint density at radius 1 is 1.27 bits per heavy atom. The van der Waals surface area contributed by atoms with Crippen molar-refractivity contribution in [2.45, 2.75) is 45.1 Å². The number of fused-ring (bicyclic) bond motifs is 1. The minimum Gasteiger partial charge on any atom is -0.507 e. The Balaban J connectivity index is 2.34. The molecule has 2 nitrogen and oxygen atoms in total. The lowest BCUT2D eigenvalue weighted by Crippen LogP contribution is -2.08. The van der Waals surface area contributed by atoms with E-state index in [-0.39, 0.29) is 0 Å². The normalized spacial score (nSPS) is 17.2. The van der Waals surface area contributed by atoms with Crippen LogP contribution in [0.1, 0.15) is 36.5 Å². The predicted molar refractivity (Wildman–Crippen MR) is 60.1 cm³/mol. The zero-order chi connectivity index (χ0) is 10.8. The van der Waals surface area contributed by atoms with Gasteiger partial charge in [0.2, 0.25) is 0 Å². The fraction of sp³-hybridized carbons (Fsp3) is 0.538. The van der Waals surface area contributed by atoms with E-state index in [2.05, 4.69) is 6.07 Å². The summed E-state index contributed by atoms with van der Waals surface area (Å²) in [6, 6.07) is 4.05. The molecule has 0 aliphatic heterocycles. The average molecular weight is 206 g/mol. The third-order valence-electron chi connectivity index (χ3n) is 3.10. The van der Waals surface area contributed by atoms with Crippen LogP contribution in [0.4, 0.5) is 0 Å². The van der Waals surface area contributed by atoms with E-state index in [0.717, 1.165) is 24.0 Å². The summed E-state index contributed by atoms with van der Waals surface area (Å²) in [7, 11) is 0. The summed E-state index contributed by atoms with van der Waals surface area (Å²) < 4.78 is 0. The van der Waals surface area contributed by atoms with Crippen LogP contribution in [0.15, 0.2) is 12.1 Å². The van der Waals surface area contributed by atoms with E-state index in [1.807, 2.05) is 6.07 Å². The lowest BCUT2D eigenvalue weighted by molar-refractivity contribution is 0.194. The molecule has 1 aliphatic carbocycles. The molecule has 1 atom stereocenters. The van der Waals surface area contributed by atoms with Crippen molar-refractivity contribution < 1.29 is 10.2 Å². The van der Waals surface area contributed by atoms with Gasteiger partial charge in [-0.25, -0.2) is 0 Å². The summed E-state index contributed by atoms with van der Waals surface area (Å²) in [6.45, 7) is 1.75. The molecule has 1 aliphatic rings. The number of aryl methyl sites for hydroxylation is 1. The zero-order valence-electron chi connectivity index (χ0n) is 9.16. The summed E-state index contributed by atoms with van der Waals surface area (Å²) in [4.78, 5) is 0. The second-order valence-corrected chi connectivity index (χ2v) is 4.47. The van der Waals surface area contributed by atoms with Crippen LogP contribution in [0.3, 0.4) is 0 Å². The Labute approximate surface area is 90.6 Å². The highest BCUT2D eigenvalue weighted by molar-refractivity contribution is 5.46. The molecular weight excluding hydrogens is 188 g/mol. The predicted octanol–water partition coefficient (Wildman–Crippen LogP) is 2.19. The van der Waals surface area contributed by atoms with Crippen LogP contribution in [-0.2, 0) is 19.3 Å². The molecule has 2 N–H and O–H groups in total. The molecule has 1 unspecified atom stereocenters. The molecule has 82 valence electrons. The van der Waals surface area contributed by atoms with Gasteiger partial charge in [0.1, 0.15) is 5.75 Å². The number of aromatic hydroxyl groups is 1. The number of hydrogen-bond acceptors (Lipinski definition) is 2. The van der Waals surface area contributed by atoms with Crippen LogP contribution in [-0.4, -0.2) is 16.3 Å². The monoisotopic (exact) mass is 206 g/mol. The highest BCUT2D eigenvalue weighted by Crippen LogP contribution is 2.32. The summed E-state index contributed by atoms with van der Waals surface area (Å²) in [5, 5.41) is 19.4. The number of aliphatic hydroxyl groups excluding tert-OH is 1. The SMILES string of the molecule is CC(O)Cc1ccc2c(c1O)CCCC2. The summed E-state index contributed by atoms with van der Waals surface area (Å²) in [5.41, 5.74) is 3.28. The molecule has 0 heterocycles. The maximum absolute atomic E-state index is 10.1. The molecule has 15 heavy (non-hydrogen) atoms. The van der Waals surface area contributed by atoms with Crippen LogP contribution in [0.5, 0.6) is 5.75 Å². The summed E-state index contributed by atoms with van der Waals surface area (Å²) >= 11 is 0. The van der Waals surface area contributed by atoms with Gasteiger partial charge in [-0.3, -0.25) is 0 Å². The van der Waals surface area contributed by atoms with Gasteiger partial charge in [0.25, 0.3) is 0 Å². The van der Waals surface area contributed by atoms with Gasteiger partial charge >= 0.3 is 0 Å². The molecule has 0 fully saturated rings. The first-order chi connectivity index (χ1) is 7.18. The number of benzene rings is 1. The van der Waals surface area contributed by atoms with Crippen LogP contribution in [0.2, 0.25) is 0 Å². The van der Waals surface area contributed by atoms with Crippen molar-refractivity contribution >= 4 is 0 Å². The van der Waals surface area contributed by atoms with Crippen molar-refractivity contribution in [1.82, 2.24) is 0 Å². The molecular formula is C13H18O2. The molecule has 0 spiro atoms. The second-order valence-electron chi connectivity index (χ2n) is 4.47. The summed E-state index contributed by atoms with van der Waals surface area (Å²) in [5.74, 6) is 0.424. The van der Waals surface area contributed by atoms with E-state index in [4.69, 9.17) is 0 Å². The molecule has 0 radical (unpaired) electrons. The molecule has 0 saturated heterocycles. The topological polar surface area (TPSA) is 40.5 Å². The van der Waals surface area contributed by atoms with E-state index in [1.165, 1.54) is 18.4 Å². The molecule has 0 saturated carbocycles. The van der Waals surface area contributed by atoms with Crippen molar-refractivity contribution in [1.29, 1.82) is 0 Å². The van der Waals surface area contributed by atoms with Crippen molar-refractivity contribution in [3.8, 4) is 5.75 Å². The van der Waals surface area contributed by atoms with Gasteiger partial charge in [-0.15, -0.1) is 0 Å². The minimum atomic E-state index is -0.391. The first-order valence-electron chi connectivity index (χ1n) is 5.69. The van der Waals surface area contributed by atoms with Gasteiger partial charge in [0.05, 0.1) is 6.10 Å². The van der Waals surface area contributed by atoms with E-state index in [9.17, 15) is 10.2 Å². The molecule has 2 heteroatoms. The lowest BCUT2D eigenvalue weighted by Gasteiger charge is -2.19. The van der Waals surface area contributed by atoms with E-state index < -0.39 is 6.10 Å². The number of aliphatic hydroxyl groups is 1. The third-order valence-corrected chi connectivity index (χ3v) is 3.10. The highest BCUT2D eigenvalue weighted by atomic mass is 16.3. The molecule has 1 aromatic carbocycles. The van der Waals surface area contributed by atoms with Gasteiger partial charge in [0.15, 0.2) is 0 Å². The van der Waals surface area contributed by atoms with E-state index in [1.54, 1.807) is 6.92 Å². The van der Waals surface area contributed by atoms with Crippen molar-refractivity contribution in [2.24, 2.45) is 0 Å². The fourth-order valence-corrected chi connectivity index (χ4v) is 2.34. The first kappa shape index (κ1) is 10.5.